The first-order valence-corrected chi connectivity index (χ1v) is 8.24. The normalized spacial score (nSPS) is 11.0. The third-order valence-corrected chi connectivity index (χ3v) is 3.87. The fourth-order valence-corrected chi connectivity index (χ4v) is 2.65. The van der Waals surface area contributed by atoms with Crippen LogP contribution in [0.3, 0.4) is 0 Å². The van der Waals surface area contributed by atoms with Gasteiger partial charge in [-0.2, -0.15) is 10.2 Å². The molecule has 3 rings (SSSR count). The third-order valence-electron chi connectivity index (χ3n) is 3.87. The van der Waals surface area contributed by atoms with Gasteiger partial charge < -0.3 is 5.11 Å². The van der Waals surface area contributed by atoms with Crippen LogP contribution in [0.15, 0.2) is 59.7 Å². The molecule has 0 saturated heterocycles. The monoisotopic (exact) mass is 348 g/mol. The molecule has 6 heteroatoms. The van der Waals surface area contributed by atoms with Crippen molar-refractivity contribution in [1.29, 1.82) is 0 Å². The van der Waals surface area contributed by atoms with E-state index in [0.29, 0.717) is 17.7 Å². The van der Waals surface area contributed by atoms with E-state index < -0.39 is 0 Å². The molecule has 3 aromatic rings. The Hall–Kier alpha value is -3.41. The van der Waals surface area contributed by atoms with Gasteiger partial charge in [0.2, 0.25) is 0 Å². The number of amides is 1. The summed E-state index contributed by atoms with van der Waals surface area (Å²) in [5.74, 6) is -0.145. The van der Waals surface area contributed by atoms with Crippen LogP contribution in [0.2, 0.25) is 0 Å². The molecule has 0 aliphatic carbocycles. The van der Waals surface area contributed by atoms with Crippen LogP contribution in [-0.2, 0) is 6.54 Å². The van der Waals surface area contributed by atoms with Crippen molar-refractivity contribution in [3.8, 4) is 5.75 Å². The second-order valence-corrected chi connectivity index (χ2v) is 6.08. The van der Waals surface area contributed by atoms with E-state index in [-0.39, 0.29) is 11.7 Å². The Morgan fingerprint density at radius 3 is 2.73 bits per heavy atom. The molecule has 26 heavy (non-hydrogen) atoms. The van der Waals surface area contributed by atoms with Crippen molar-refractivity contribution in [3.05, 3.63) is 82.7 Å². The van der Waals surface area contributed by atoms with Crippen LogP contribution >= 0.6 is 0 Å². The lowest BCUT2D eigenvalue weighted by Crippen LogP contribution is -2.18. The van der Waals surface area contributed by atoms with Gasteiger partial charge in [-0.25, -0.2) is 5.43 Å². The van der Waals surface area contributed by atoms with Crippen LogP contribution < -0.4 is 5.43 Å². The molecule has 0 radical (unpaired) electrons. The molecule has 6 nitrogen and oxygen atoms in total. The molecule has 0 saturated carbocycles. The molecule has 0 spiro atoms. The van der Waals surface area contributed by atoms with Crippen molar-refractivity contribution in [2.45, 2.75) is 20.4 Å². The predicted octanol–water partition coefficient (Wildman–Crippen LogP) is 3.02. The van der Waals surface area contributed by atoms with E-state index in [1.54, 1.807) is 30.3 Å². The van der Waals surface area contributed by atoms with Gasteiger partial charge in [-0.15, -0.1) is 0 Å². The largest absolute Gasteiger partial charge is 0.508 e. The van der Waals surface area contributed by atoms with Crippen LogP contribution in [0.5, 0.6) is 5.75 Å². The maximum Gasteiger partial charge on any atom is 0.271 e. The summed E-state index contributed by atoms with van der Waals surface area (Å²) >= 11 is 0. The van der Waals surface area contributed by atoms with Crippen molar-refractivity contribution < 1.29 is 9.90 Å². The Morgan fingerprint density at radius 2 is 2.00 bits per heavy atom. The van der Waals surface area contributed by atoms with Crippen molar-refractivity contribution >= 4 is 12.1 Å². The van der Waals surface area contributed by atoms with E-state index in [4.69, 9.17) is 0 Å². The average Bonchev–Trinajstić information content (AvgIpc) is 2.92. The van der Waals surface area contributed by atoms with Gasteiger partial charge in [0.25, 0.3) is 5.91 Å². The Labute approximate surface area is 151 Å². The quantitative estimate of drug-likeness (QED) is 0.549. The number of hydrogen-bond donors (Lipinski definition) is 2. The summed E-state index contributed by atoms with van der Waals surface area (Å²) in [5, 5.41) is 17.8. The lowest BCUT2D eigenvalue weighted by atomic mass is 10.1. The Bertz CT molecular complexity index is 960. The maximum atomic E-state index is 12.3. The highest BCUT2D eigenvalue weighted by atomic mass is 16.3. The molecule has 1 amide bonds. The minimum absolute atomic E-state index is 0.150. The zero-order valence-electron chi connectivity index (χ0n) is 14.7. The zero-order chi connectivity index (χ0) is 18.5. The molecule has 0 atom stereocenters. The number of rotatable bonds is 5. The fourth-order valence-electron chi connectivity index (χ4n) is 2.65. The lowest BCUT2D eigenvalue weighted by Gasteiger charge is -2.06. The molecule has 0 aliphatic rings. The first kappa shape index (κ1) is 17.4. The highest BCUT2D eigenvalue weighted by Gasteiger charge is 2.07. The molecule has 0 bridgehead atoms. The smallest absolute Gasteiger partial charge is 0.271 e. The molecular weight excluding hydrogens is 328 g/mol. The standard InChI is InChI=1S/C20H20N4O2/c1-14-9-15(2)24(23-14)13-17-6-3-7-18(10-17)20(26)22-21-12-16-5-4-8-19(25)11-16/h3-12,25H,13H2,1-2H3,(H,22,26). The summed E-state index contributed by atoms with van der Waals surface area (Å²) in [6, 6.07) is 16.0. The molecule has 1 aromatic heterocycles. The van der Waals surface area contributed by atoms with Crippen LogP contribution in [0, 0.1) is 13.8 Å². The van der Waals surface area contributed by atoms with E-state index in [2.05, 4.69) is 15.6 Å². The van der Waals surface area contributed by atoms with E-state index in [9.17, 15) is 9.90 Å². The fraction of sp³-hybridized carbons (Fsp3) is 0.150. The topological polar surface area (TPSA) is 79.5 Å². The number of aromatic hydroxyl groups is 1. The molecule has 132 valence electrons. The van der Waals surface area contributed by atoms with Gasteiger partial charge in [-0.1, -0.05) is 24.3 Å². The molecule has 0 fully saturated rings. The van der Waals surface area contributed by atoms with Crippen molar-refractivity contribution in [2.75, 3.05) is 0 Å². The van der Waals surface area contributed by atoms with Gasteiger partial charge in [0.15, 0.2) is 0 Å². The van der Waals surface area contributed by atoms with Gasteiger partial charge in [0.1, 0.15) is 5.75 Å². The van der Waals surface area contributed by atoms with E-state index in [1.807, 2.05) is 42.8 Å². The molecule has 1 heterocycles. The Kier molecular flexibility index (Phi) is 5.12. The first-order chi connectivity index (χ1) is 12.5. The number of nitrogens with one attached hydrogen (secondary N) is 1. The summed E-state index contributed by atoms with van der Waals surface area (Å²) in [6.07, 6.45) is 1.48. The number of carbonyl (C=O) groups is 1. The minimum atomic E-state index is -0.295. The number of phenols is 1. The second-order valence-electron chi connectivity index (χ2n) is 6.08. The Balaban J connectivity index is 1.67. The summed E-state index contributed by atoms with van der Waals surface area (Å²) < 4.78 is 1.91. The number of benzene rings is 2. The minimum Gasteiger partial charge on any atom is -0.508 e. The predicted molar refractivity (Wildman–Crippen MR) is 100 cm³/mol. The van der Waals surface area contributed by atoms with Crippen LogP contribution in [0.1, 0.15) is 32.9 Å². The van der Waals surface area contributed by atoms with E-state index in [1.165, 1.54) is 6.21 Å². The van der Waals surface area contributed by atoms with E-state index >= 15 is 0 Å². The van der Waals surface area contributed by atoms with E-state index in [0.717, 1.165) is 17.0 Å². The maximum absolute atomic E-state index is 12.3. The number of hydrazone groups is 1. The number of aryl methyl sites for hydroxylation is 2. The van der Waals surface area contributed by atoms with Gasteiger partial charge in [-0.05, 0) is 55.3 Å². The number of phenolic OH excluding ortho intramolecular Hbond substituents is 1. The number of hydrogen-bond acceptors (Lipinski definition) is 4. The molecule has 2 N–H and O–H groups in total. The van der Waals surface area contributed by atoms with Crippen LogP contribution in [0.25, 0.3) is 0 Å². The summed E-state index contributed by atoms with van der Waals surface area (Å²) in [5.41, 5.74) is 6.76. The summed E-state index contributed by atoms with van der Waals surface area (Å²) in [6.45, 7) is 4.57. The summed E-state index contributed by atoms with van der Waals surface area (Å²) in [7, 11) is 0. The second kappa shape index (κ2) is 7.65. The Morgan fingerprint density at radius 1 is 1.19 bits per heavy atom. The lowest BCUT2D eigenvalue weighted by molar-refractivity contribution is 0.0955. The third kappa shape index (κ3) is 4.36. The molecule has 0 unspecified atom stereocenters. The van der Waals surface area contributed by atoms with Gasteiger partial charge >= 0.3 is 0 Å². The summed E-state index contributed by atoms with van der Waals surface area (Å²) in [4.78, 5) is 12.3. The molecule has 2 aromatic carbocycles. The highest BCUT2D eigenvalue weighted by Crippen LogP contribution is 2.11. The number of aromatic nitrogens is 2. The van der Waals surface area contributed by atoms with Crippen molar-refractivity contribution in [3.63, 3.8) is 0 Å². The number of carbonyl (C=O) groups excluding carboxylic acids is 1. The highest BCUT2D eigenvalue weighted by molar-refractivity contribution is 5.95. The zero-order valence-corrected chi connectivity index (χ0v) is 14.7. The van der Waals surface area contributed by atoms with Gasteiger partial charge in [-0.3, -0.25) is 9.48 Å². The van der Waals surface area contributed by atoms with Crippen LogP contribution in [-0.4, -0.2) is 27.0 Å². The van der Waals surface area contributed by atoms with Crippen molar-refractivity contribution in [1.82, 2.24) is 15.2 Å². The van der Waals surface area contributed by atoms with Crippen molar-refractivity contribution in [2.24, 2.45) is 5.10 Å². The average molecular weight is 348 g/mol. The van der Waals surface area contributed by atoms with Crippen LogP contribution in [0.4, 0.5) is 0 Å². The SMILES string of the molecule is Cc1cc(C)n(Cc2cccc(C(=O)NN=Cc3cccc(O)c3)c2)n1. The molecule has 0 aliphatic heterocycles. The van der Waals surface area contributed by atoms with Gasteiger partial charge in [0.05, 0.1) is 18.5 Å². The number of nitrogens with zero attached hydrogens (tertiary/aromatic N) is 3. The molecular formula is C20H20N4O2. The van der Waals surface area contributed by atoms with Gasteiger partial charge in [0, 0.05) is 11.3 Å². The first-order valence-electron chi connectivity index (χ1n) is 8.24.